The summed E-state index contributed by atoms with van der Waals surface area (Å²) >= 11 is 0. The Kier molecular flexibility index (Phi) is 5.31. The molecule has 0 aliphatic carbocycles. The van der Waals surface area contributed by atoms with Crippen LogP contribution in [0.1, 0.15) is 31.0 Å². The van der Waals surface area contributed by atoms with Crippen LogP contribution in [0.5, 0.6) is 0 Å². The highest BCUT2D eigenvalue weighted by Gasteiger charge is 2.13. The van der Waals surface area contributed by atoms with Crippen LogP contribution in [-0.4, -0.2) is 29.0 Å². The van der Waals surface area contributed by atoms with E-state index in [4.69, 9.17) is 5.26 Å². The molecule has 0 spiro atoms. The minimum absolute atomic E-state index is 0.0135. The van der Waals surface area contributed by atoms with Crippen molar-refractivity contribution in [2.75, 3.05) is 13.6 Å². The number of aryl methyl sites for hydroxylation is 1. The molecular formula is C14H19N3O2. The van der Waals surface area contributed by atoms with Gasteiger partial charge in [-0.2, -0.15) is 5.26 Å². The summed E-state index contributed by atoms with van der Waals surface area (Å²) in [5.74, 6) is -0.117. The SMILES string of the molecule is CCCCN(C)C(=O)Cn1c(C)ccc(C#N)c1=O. The standard InChI is InChI=1S/C14H19N3O2/c1-4-5-8-16(3)13(18)10-17-11(2)6-7-12(9-15)14(17)19/h6-7H,4-5,8,10H2,1-3H3. The average molecular weight is 261 g/mol. The molecular weight excluding hydrogens is 242 g/mol. The topological polar surface area (TPSA) is 66.1 Å². The van der Waals surface area contributed by atoms with Crippen LogP contribution in [0.2, 0.25) is 0 Å². The number of aromatic nitrogens is 1. The number of nitrogens with zero attached hydrogens (tertiary/aromatic N) is 3. The second-order valence-corrected chi connectivity index (χ2v) is 4.56. The van der Waals surface area contributed by atoms with Gasteiger partial charge in [0.1, 0.15) is 18.2 Å². The summed E-state index contributed by atoms with van der Waals surface area (Å²) in [6.45, 7) is 4.48. The van der Waals surface area contributed by atoms with Crippen molar-refractivity contribution >= 4 is 5.91 Å². The summed E-state index contributed by atoms with van der Waals surface area (Å²) in [5.41, 5.74) is 0.343. The summed E-state index contributed by atoms with van der Waals surface area (Å²) < 4.78 is 1.35. The molecule has 0 saturated carbocycles. The van der Waals surface area contributed by atoms with Gasteiger partial charge < -0.3 is 9.47 Å². The van der Waals surface area contributed by atoms with Crippen molar-refractivity contribution in [3.05, 3.63) is 33.7 Å². The Balaban J connectivity index is 2.91. The molecule has 1 rings (SSSR count). The minimum atomic E-state index is -0.403. The summed E-state index contributed by atoms with van der Waals surface area (Å²) in [6, 6.07) is 5.01. The lowest BCUT2D eigenvalue weighted by molar-refractivity contribution is -0.130. The van der Waals surface area contributed by atoms with E-state index in [1.165, 1.54) is 10.6 Å². The quantitative estimate of drug-likeness (QED) is 0.802. The average Bonchev–Trinajstić information content (AvgIpc) is 2.40. The van der Waals surface area contributed by atoms with Gasteiger partial charge in [0.2, 0.25) is 5.91 Å². The molecule has 0 N–H and O–H groups in total. The van der Waals surface area contributed by atoms with Crippen LogP contribution in [0.4, 0.5) is 0 Å². The maximum Gasteiger partial charge on any atom is 0.269 e. The number of hydrogen-bond donors (Lipinski definition) is 0. The molecule has 102 valence electrons. The highest BCUT2D eigenvalue weighted by Crippen LogP contribution is 2.00. The fourth-order valence-corrected chi connectivity index (χ4v) is 1.73. The van der Waals surface area contributed by atoms with Gasteiger partial charge in [-0.3, -0.25) is 9.59 Å². The smallest absolute Gasteiger partial charge is 0.269 e. The Bertz CT molecular complexity index is 555. The van der Waals surface area contributed by atoms with E-state index in [-0.39, 0.29) is 18.0 Å². The maximum absolute atomic E-state index is 12.0. The number of likely N-dealkylation sites (N-methyl/N-ethyl adjacent to an activating group) is 1. The first kappa shape index (κ1) is 15.0. The van der Waals surface area contributed by atoms with E-state index in [0.29, 0.717) is 12.2 Å². The largest absolute Gasteiger partial charge is 0.344 e. The van der Waals surface area contributed by atoms with Gasteiger partial charge in [0.05, 0.1) is 0 Å². The lowest BCUT2D eigenvalue weighted by Crippen LogP contribution is -2.35. The molecule has 0 radical (unpaired) electrons. The van der Waals surface area contributed by atoms with Crippen LogP contribution >= 0.6 is 0 Å². The number of hydrogen-bond acceptors (Lipinski definition) is 3. The summed E-state index contributed by atoms with van der Waals surface area (Å²) in [7, 11) is 1.73. The fraction of sp³-hybridized carbons (Fsp3) is 0.500. The lowest BCUT2D eigenvalue weighted by Gasteiger charge is -2.18. The monoisotopic (exact) mass is 261 g/mol. The van der Waals surface area contributed by atoms with E-state index in [1.807, 2.05) is 6.07 Å². The number of nitriles is 1. The second-order valence-electron chi connectivity index (χ2n) is 4.56. The van der Waals surface area contributed by atoms with Crippen LogP contribution in [-0.2, 0) is 11.3 Å². The van der Waals surface area contributed by atoms with Gasteiger partial charge in [-0.1, -0.05) is 13.3 Å². The van der Waals surface area contributed by atoms with Gasteiger partial charge in [0.25, 0.3) is 5.56 Å². The Morgan fingerprint density at radius 3 is 2.74 bits per heavy atom. The van der Waals surface area contributed by atoms with E-state index in [1.54, 1.807) is 24.9 Å². The molecule has 0 bridgehead atoms. The van der Waals surface area contributed by atoms with Gasteiger partial charge in [-0.05, 0) is 25.5 Å². The number of carbonyl (C=O) groups is 1. The normalized spacial score (nSPS) is 10.0. The third kappa shape index (κ3) is 3.68. The molecule has 0 saturated heterocycles. The predicted molar refractivity (Wildman–Crippen MR) is 72.7 cm³/mol. The summed E-state index contributed by atoms with van der Waals surface area (Å²) in [4.78, 5) is 25.6. The van der Waals surface area contributed by atoms with Crippen LogP contribution in [0, 0.1) is 18.3 Å². The van der Waals surface area contributed by atoms with Crippen molar-refractivity contribution in [2.45, 2.75) is 33.2 Å². The van der Waals surface area contributed by atoms with Gasteiger partial charge in [0.15, 0.2) is 0 Å². The molecule has 0 aliphatic heterocycles. The van der Waals surface area contributed by atoms with Crippen molar-refractivity contribution in [2.24, 2.45) is 0 Å². The third-order valence-electron chi connectivity index (χ3n) is 3.08. The zero-order valence-electron chi connectivity index (χ0n) is 11.6. The Hall–Kier alpha value is -2.09. The molecule has 5 nitrogen and oxygen atoms in total. The Labute approximate surface area is 113 Å². The molecule has 5 heteroatoms. The van der Waals surface area contributed by atoms with Crippen LogP contribution in [0.3, 0.4) is 0 Å². The van der Waals surface area contributed by atoms with Gasteiger partial charge in [-0.25, -0.2) is 0 Å². The van der Waals surface area contributed by atoms with E-state index in [2.05, 4.69) is 6.92 Å². The van der Waals surface area contributed by atoms with Crippen molar-refractivity contribution in [1.82, 2.24) is 9.47 Å². The molecule has 1 amide bonds. The van der Waals surface area contributed by atoms with Crippen LogP contribution in [0.15, 0.2) is 16.9 Å². The fourth-order valence-electron chi connectivity index (χ4n) is 1.73. The molecule has 0 fully saturated rings. The predicted octanol–water partition coefficient (Wildman–Crippen LogP) is 1.29. The zero-order chi connectivity index (χ0) is 14.4. The molecule has 19 heavy (non-hydrogen) atoms. The lowest BCUT2D eigenvalue weighted by atomic mass is 10.2. The zero-order valence-corrected chi connectivity index (χ0v) is 11.6. The molecule has 0 aromatic carbocycles. The highest BCUT2D eigenvalue weighted by molar-refractivity contribution is 5.75. The summed E-state index contributed by atoms with van der Waals surface area (Å²) in [5, 5.41) is 8.83. The first-order chi connectivity index (χ1) is 9.01. The molecule has 1 aromatic rings. The van der Waals surface area contributed by atoms with Crippen LogP contribution in [0.25, 0.3) is 0 Å². The Morgan fingerprint density at radius 1 is 1.47 bits per heavy atom. The first-order valence-corrected chi connectivity index (χ1v) is 6.35. The van der Waals surface area contributed by atoms with Crippen molar-refractivity contribution in [3.8, 4) is 6.07 Å². The minimum Gasteiger partial charge on any atom is -0.344 e. The van der Waals surface area contributed by atoms with Gasteiger partial charge in [-0.15, -0.1) is 0 Å². The number of unbranched alkanes of at least 4 members (excludes halogenated alkanes) is 1. The molecule has 0 unspecified atom stereocenters. The van der Waals surface area contributed by atoms with Crippen molar-refractivity contribution in [1.29, 1.82) is 5.26 Å². The van der Waals surface area contributed by atoms with E-state index in [0.717, 1.165) is 12.8 Å². The second kappa shape index (κ2) is 6.74. The number of amides is 1. The van der Waals surface area contributed by atoms with Gasteiger partial charge in [0, 0.05) is 19.3 Å². The first-order valence-electron chi connectivity index (χ1n) is 6.35. The number of pyridine rings is 1. The highest BCUT2D eigenvalue weighted by atomic mass is 16.2. The maximum atomic E-state index is 12.0. The van der Waals surface area contributed by atoms with E-state index >= 15 is 0 Å². The molecule has 0 atom stereocenters. The Morgan fingerprint density at radius 2 is 2.16 bits per heavy atom. The number of rotatable bonds is 5. The number of carbonyl (C=O) groups excluding carboxylic acids is 1. The van der Waals surface area contributed by atoms with Crippen molar-refractivity contribution < 1.29 is 4.79 Å². The van der Waals surface area contributed by atoms with E-state index in [9.17, 15) is 9.59 Å². The van der Waals surface area contributed by atoms with Crippen LogP contribution < -0.4 is 5.56 Å². The molecule has 1 aromatic heterocycles. The van der Waals surface area contributed by atoms with E-state index < -0.39 is 5.56 Å². The van der Waals surface area contributed by atoms with Gasteiger partial charge >= 0.3 is 0 Å². The molecule has 0 aliphatic rings. The van der Waals surface area contributed by atoms with Crippen molar-refractivity contribution in [3.63, 3.8) is 0 Å². The summed E-state index contributed by atoms with van der Waals surface area (Å²) in [6.07, 6.45) is 1.95. The molecule has 1 heterocycles. The third-order valence-corrected chi connectivity index (χ3v) is 3.08.